The number of aliphatic carboxylic acids is 1. The number of nitrogens with one attached hydrogen (secondary N) is 1. The van der Waals surface area contributed by atoms with E-state index in [4.69, 9.17) is 16.7 Å². The van der Waals surface area contributed by atoms with Crippen molar-refractivity contribution in [3.8, 4) is 0 Å². The van der Waals surface area contributed by atoms with Crippen LogP contribution in [0.3, 0.4) is 0 Å². The van der Waals surface area contributed by atoms with Gasteiger partial charge in [-0.05, 0) is 12.8 Å². The normalized spacial score (nSPS) is 14.5. The minimum Gasteiger partial charge on any atom is -0.480 e. The highest BCUT2D eigenvalue weighted by Gasteiger charge is 2.33. The van der Waals surface area contributed by atoms with Gasteiger partial charge in [-0.3, -0.25) is 4.79 Å². The smallest absolute Gasteiger partial charge is 0.323 e. The molecule has 1 aliphatic rings. The zero-order valence-corrected chi connectivity index (χ0v) is 8.96. The SMILES string of the molecule is C=C(Cl)CNC(=O)N(CC(=O)O)C1CC1. The second kappa shape index (κ2) is 5.02. The van der Waals surface area contributed by atoms with Gasteiger partial charge in [0.15, 0.2) is 0 Å². The molecule has 1 fully saturated rings. The van der Waals surface area contributed by atoms with Crippen LogP contribution >= 0.6 is 11.6 Å². The largest absolute Gasteiger partial charge is 0.480 e. The van der Waals surface area contributed by atoms with Crippen molar-refractivity contribution in [2.75, 3.05) is 13.1 Å². The molecule has 84 valence electrons. The van der Waals surface area contributed by atoms with Crippen molar-refractivity contribution in [1.29, 1.82) is 0 Å². The summed E-state index contributed by atoms with van der Waals surface area (Å²) in [5, 5.41) is 11.4. The number of nitrogens with zero attached hydrogens (tertiary/aromatic N) is 1. The molecule has 6 heteroatoms. The number of urea groups is 1. The summed E-state index contributed by atoms with van der Waals surface area (Å²) in [5.41, 5.74) is 0. The monoisotopic (exact) mass is 232 g/mol. The first-order chi connectivity index (χ1) is 7.00. The molecule has 0 aromatic heterocycles. The van der Waals surface area contributed by atoms with Crippen LogP contribution in [0.1, 0.15) is 12.8 Å². The fourth-order valence-corrected chi connectivity index (χ4v) is 1.24. The van der Waals surface area contributed by atoms with E-state index in [1.807, 2.05) is 0 Å². The highest BCUT2D eigenvalue weighted by atomic mass is 35.5. The maximum atomic E-state index is 11.5. The Morgan fingerprint density at radius 1 is 1.53 bits per heavy atom. The maximum absolute atomic E-state index is 11.5. The quantitative estimate of drug-likeness (QED) is 0.743. The predicted molar refractivity (Wildman–Crippen MR) is 55.8 cm³/mol. The number of rotatable bonds is 5. The molecule has 1 saturated carbocycles. The number of carboxylic acids is 1. The van der Waals surface area contributed by atoms with Crippen LogP contribution in [0, 0.1) is 0 Å². The fourth-order valence-electron chi connectivity index (χ4n) is 1.17. The lowest BCUT2D eigenvalue weighted by atomic mass is 10.5. The van der Waals surface area contributed by atoms with Gasteiger partial charge in [0, 0.05) is 11.1 Å². The molecular weight excluding hydrogens is 220 g/mol. The van der Waals surface area contributed by atoms with Gasteiger partial charge in [-0.1, -0.05) is 18.2 Å². The number of halogens is 1. The topological polar surface area (TPSA) is 69.6 Å². The van der Waals surface area contributed by atoms with Crippen LogP contribution < -0.4 is 5.32 Å². The van der Waals surface area contributed by atoms with E-state index >= 15 is 0 Å². The van der Waals surface area contributed by atoms with Crippen LogP contribution in [0.4, 0.5) is 4.79 Å². The number of hydrogen-bond donors (Lipinski definition) is 2. The van der Waals surface area contributed by atoms with Crippen LogP contribution in [0.5, 0.6) is 0 Å². The van der Waals surface area contributed by atoms with Gasteiger partial charge in [0.1, 0.15) is 6.54 Å². The lowest BCUT2D eigenvalue weighted by Gasteiger charge is -2.20. The van der Waals surface area contributed by atoms with E-state index in [0.29, 0.717) is 5.03 Å². The minimum absolute atomic E-state index is 0.0599. The maximum Gasteiger partial charge on any atom is 0.323 e. The average Bonchev–Trinajstić information content (AvgIpc) is 2.93. The van der Waals surface area contributed by atoms with Crippen molar-refractivity contribution in [3.63, 3.8) is 0 Å². The van der Waals surface area contributed by atoms with Crippen molar-refractivity contribution in [3.05, 3.63) is 11.6 Å². The molecule has 5 nitrogen and oxygen atoms in total. The fraction of sp³-hybridized carbons (Fsp3) is 0.556. The minimum atomic E-state index is -1.01. The second-order valence-electron chi connectivity index (χ2n) is 3.43. The Hall–Kier alpha value is -1.23. The molecule has 0 saturated heterocycles. The number of hydrogen-bond acceptors (Lipinski definition) is 2. The molecule has 0 aliphatic heterocycles. The molecule has 0 unspecified atom stereocenters. The average molecular weight is 233 g/mol. The molecular formula is C9H13ClN2O3. The third-order valence-electron chi connectivity index (χ3n) is 1.99. The first-order valence-corrected chi connectivity index (χ1v) is 4.98. The Labute approximate surface area is 92.7 Å². The van der Waals surface area contributed by atoms with Gasteiger partial charge in [0.25, 0.3) is 0 Å². The Morgan fingerprint density at radius 2 is 2.13 bits per heavy atom. The van der Waals surface area contributed by atoms with Gasteiger partial charge < -0.3 is 15.3 Å². The van der Waals surface area contributed by atoms with E-state index in [1.54, 1.807) is 0 Å². The van der Waals surface area contributed by atoms with Crippen molar-refractivity contribution in [2.45, 2.75) is 18.9 Å². The molecule has 0 aromatic rings. The van der Waals surface area contributed by atoms with Gasteiger partial charge in [-0.25, -0.2) is 4.79 Å². The van der Waals surface area contributed by atoms with E-state index in [-0.39, 0.29) is 19.1 Å². The highest BCUT2D eigenvalue weighted by molar-refractivity contribution is 6.29. The third kappa shape index (κ3) is 4.20. The predicted octanol–water partition coefficient (Wildman–Crippen LogP) is 0.997. The second-order valence-corrected chi connectivity index (χ2v) is 3.96. The Bertz CT molecular complexity index is 289. The summed E-state index contributed by atoms with van der Waals surface area (Å²) in [5.74, 6) is -1.01. The molecule has 2 amide bonds. The molecule has 1 rings (SSSR count). The summed E-state index contributed by atoms with van der Waals surface area (Å²) >= 11 is 5.48. The van der Waals surface area contributed by atoms with E-state index in [9.17, 15) is 9.59 Å². The standard InChI is InChI=1S/C9H13ClN2O3/c1-6(10)4-11-9(15)12(5-8(13)14)7-2-3-7/h7H,1-5H2,(H,11,15)(H,13,14). The van der Waals surface area contributed by atoms with E-state index < -0.39 is 12.0 Å². The van der Waals surface area contributed by atoms with Crippen LogP contribution in [0.25, 0.3) is 0 Å². The van der Waals surface area contributed by atoms with Crippen LogP contribution in [0.2, 0.25) is 0 Å². The van der Waals surface area contributed by atoms with Crippen LogP contribution in [0.15, 0.2) is 11.6 Å². The summed E-state index contributed by atoms with van der Waals surface area (Å²) < 4.78 is 0. The van der Waals surface area contributed by atoms with Crippen molar-refractivity contribution < 1.29 is 14.7 Å². The number of carbonyl (C=O) groups is 2. The van der Waals surface area contributed by atoms with Gasteiger partial charge in [0.2, 0.25) is 0 Å². The summed E-state index contributed by atoms with van der Waals surface area (Å²) in [6, 6.07) is -0.341. The Kier molecular flexibility index (Phi) is 3.96. The molecule has 0 spiro atoms. The van der Waals surface area contributed by atoms with Crippen LogP contribution in [-0.4, -0.2) is 41.1 Å². The lowest BCUT2D eigenvalue weighted by Crippen LogP contribution is -2.44. The molecule has 0 aromatic carbocycles. The highest BCUT2D eigenvalue weighted by Crippen LogP contribution is 2.26. The molecule has 0 heterocycles. The summed E-state index contributed by atoms with van der Waals surface area (Å²) in [6.07, 6.45) is 1.73. The molecule has 0 radical (unpaired) electrons. The van der Waals surface area contributed by atoms with Crippen molar-refractivity contribution in [1.82, 2.24) is 10.2 Å². The summed E-state index contributed by atoms with van der Waals surface area (Å²) in [4.78, 5) is 23.3. The third-order valence-corrected chi connectivity index (χ3v) is 2.12. The first-order valence-electron chi connectivity index (χ1n) is 4.60. The van der Waals surface area contributed by atoms with Gasteiger partial charge in [-0.2, -0.15) is 0 Å². The van der Waals surface area contributed by atoms with Crippen molar-refractivity contribution in [2.24, 2.45) is 0 Å². The number of carboxylic acid groups (broad SMARTS) is 1. The first kappa shape index (κ1) is 11.8. The molecule has 1 aliphatic carbocycles. The molecule has 0 bridgehead atoms. The van der Waals surface area contributed by atoms with Gasteiger partial charge in [-0.15, -0.1) is 0 Å². The molecule has 15 heavy (non-hydrogen) atoms. The van der Waals surface area contributed by atoms with Gasteiger partial charge >= 0.3 is 12.0 Å². The van der Waals surface area contributed by atoms with Crippen LogP contribution in [-0.2, 0) is 4.79 Å². The molecule has 2 N–H and O–H groups in total. The zero-order chi connectivity index (χ0) is 11.4. The Morgan fingerprint density at radius 3 is 2.53 bits per heavy atom. The van der Waals surface area contributed by atoms with Crippen molar-refractivity contribution >= 4 is 23.6 Å². The summed E-state index contributed by atoms with van der Waals surface area (Å²) in [7, 11) is 0. The van der Waals surface area contributed by atoms with E-state index in [0.717, 1.165) is 12.8 Å². The van der Waals surface area contributed by atoms with Gasteiger partial charge in [0.05, 0.1) is 6.54 Å². The van der Waals surface area contributed by atoms with E-state index in [2.05, 4.69) is 11.9 Å². The lowest BCUT2D eigenvalue weighted by molar-refractivity contribution is -0.137. The molecule has 0 atom stereocenters. The zero-order valence-electron chi connectivity index (χ0n) is 8.20. The Balaban J connectivity index is 2.44. The number of amides is 2. The number of carbonyl (C=O) groups excluding carboxylic acids is 1. The summed E-state index contributed by atoms with van der Waals surface area (Å²) in [6.45, 7) is 3.31. The van der Waals surface area contributed by atoms with E-state index in [1.165, 1.54) is 4.90 Å².